The van der Waals surface area contributed by atoms with Crippen LogP contribution in [0.1, 0.15) is 47.0 Å². The van der Waals surface area contributed by atoms with Gasteiger partial charge in [0.1, 0.15) is 18.1 Å². The molecule has 37 heavy (non-hydrogen) atoms. The van der Waals surface area contributed by atoms with Gasteiger partial charge >= 0.3 is 12.1 Å². The maximum atomic E-state index is 13.6. The number of halogens is 4. The van der Waals surface area contributed by atoms with Crippen LogP contribution in [0.5, 0.6) is 0 Å². The van der Waals surface area contributed by atoms with Gasteiger partial charge in [-0.3, -0.25) is 19.2 Å². The third-order valence-electron chi connectivity index (χ3n) is 6.90. The van der Waals surface area contributed by atoms with E-state index in [1.165, 1.54) is 20.8 Å². The molecule has 0 bridgehead atoms. The van der Waals surface area contributed by atoms with E-state index >= 15 is 0 Å². The number of alkyl halides is 4. The second-order valence-electron chi connectivity index (χ2n) is 11.0. The molecule has 2 fully saturated rings. The normalized spacial score (nSPS) is 28.1. The summed E-state index contributed by atoms with van der Waals surface area (Å²) in [7, 11) is 0. The van der Waals surface area contributed by atoms with Crippen LogP contribution in [0.2, 0.25) is 0 Å². The number of carbonyl (C=O) groups excluding carboxylic acids is 4. The van der Waals surface area contributed by atoms with Crippen molar-refractivity contribution in [1.82, 2.24) is 20.9 Å². The van der Waals surface area contributed by atoms with Crippen molar-refractivity contribution < 1.29 is 37.5 Å². The molecule has 0 aliphatic carbocycles. The van der Waals surface area contributed by atoms with Gasteiger partial charge in [-0.15, -0.1) is 0 Å². The van der Waals surface area contributed by atoms with E-state index in [1.807, 2.05) is 28.7 Å². The van der Waals surface area contributed by atoms with Gasteiger partial charge in [-0.05, 0) is 24.7 Å². The number of aliphatic hydroxyl groups excluding tert-OH is 1. The van der Waals surface area contributed by atoms with E-state index in [9.17, 15) is 42.7 Å². The third-order valence-corrected chi connectivity index (χ3v) is 8.79. The van der Waals surface area contributed by atoms with Crippen molar-refractivity contribution in [3.63, 3.8) is 0 Å². The molecule has 10 nitrogen and oxygen atoms in total. The predicted molar refractivity (Wildman–Crippen MR) is 134 cm³/mol. The molecule has 2 saturated heterocycles. The van der Waals surface area contributed by atoms with Crippen LogP contribution in [0.3, 0.4) is 0 Å². The quantitative estimate of drug-likeness (QED) is 0.240. The number of carbonyl (C=O) groups is 4. The van der Waals surface area contributed by atoms with Crippen molar-refractivity contribution >= 4 is 46.2 Å². The number of likely N-dealkylation sites (tertiary alicyclic amines) is 1. The fourth-order valence-electron chi connectivity index (χ4n) is 4.44. The number of hydrogen-bond acceptors (Lipinski definition) is 6. The Morgan fingerprint density at radius 3 is 2.38 bits per heavy atom. The zero-order valence-corrected chi connectivity index (χ0v) is 23.3. The Labute approximate surface area is 227 Å². The monoisotopic (exact) mass is 643 g/mol. The molecule has 6 atom stereocenters. The van der Waals surface area contributed by atoms with E-state index in [0.717, 1.165) is 4.90 Å². The van der Waals surface area contributed by atoms with Crippen molar-refractivity contribution in [3.05, 3.63) is 0 Å². The lowest BCUT2D eigenvalue weighted by atomic mass is 9.76. The van der Waals surface area contributed by atoms with Crippen molar-refractivity contribution in [1.29, 1.82) is 5.26 Å². The highest BCUT2D eigenvalue weighted by Crippen LogP contribution is 2.40. The summed E-state index contributed by atoms with van der Waals surface area (Å²) in [6.45, 7) is 6.26. The Balaban J connectivity index is 2.35. The number of piperidine rings is 1. The number of rotatable bonds is 7. The van der Waals surface area contributed by atoms with Crippen LogP contribution in [0, 0.1) is 28.1 Å². The van der Waals surface area contributed by atoms with Gasteiger partial charge in [0.05, 0.1) is 6.07 Å². The average molecular weight is 643 g/mol. The molecule has 208 valence electrons. The molecule has 4 N–H and O–H groups in total. The molecule has 2 aliphatic heterocycles. The Morgan fingerprint density at radius 2 is 1.92 bits per heavy atom. The standard InChI is InChI=1S/C23H33F3IN5O5/c1-21(2,3)16(31-20(37)23(24,25)26)19(36)32-10-15(27)22(4,11-33)8-14(32)18(35)30-13(9-28)7-12-5-6-29-17(12)34/h12-16,33H,5-8,10-11H2,1-4H3,(H,29,34)(H,30,35)(H,31,37)/t12-,13-,14-,15?,16+,22-/m0/s1. The minimum Gasteiger partial charge on any atom is -0.396 e. The third kappa shape index (κ3) is 7.46. The molecule has 0 aromatic carbocycles. The van der Waals surface area contributed by atoms with Gasteiger partial charge in [0.2, 0.25) is 17.7 Å². The van der Waals surface area contributed by atoms with Crippen LogP contribution < -0.4 is 16.0 Å². The Kier molecular flexibility index (Phi) is 9.83. The first-order valence-corrected chi connectivity index (χ1v) is 13.1. The summed E-state index contributed by atoms with van der Waals surface area (Å²) in [4.78, 5) is 51.8. The minimum atomic E-state index is -5.21. The van der Waals surface area contributed by atoms with Crippen molar-refractivity contribution in [3.8, 4) is 6.07 Å². The van der Waals surface area contributed by atoms with E-state index in [4.69, 9.17) is 0 Å². The SMILES string of the molecule is CC(C)(C)[C@H](NC(=O)C(F)(F)F)C(=O)N1CC(I)[C@](C)(CO)C[C@H]1C(=O)N[C@H](C#N)C[C@@H]1CCNC1=O. The summed E-state index contributed by atoms with van der Waals surface area (Å²) in [6.07, 6.45) is -4.67. The summed E-state index contributed by atoms with van der Waals surface area (Å²) in [5, 5.41) is 26.6. The molecule has 2 heterocycles. The molecule has 1 unspecified atom stereocenters. The Hall–Kier alpha value is -2.15. The molecule has 2 rings (SSSR count). The van der Waals surface area contributed by atoms with Gasteiger partial charge in [0, 0.05) is 35.0 Å². The lowest BCUT2D eigenvalue weighted by Gasteiger charge is -2.48. The van der Waals surface area contributed by atoms with Crippen molar-refractivity contribution in [2.24, 2.45) is 16.7 Å². The summed E-state index contributed by atoms with van der Waals surface area (Å²) in [5.41, 5.74) is -1.94. The van der Waals surface area contributed by atoms with Crippen molar-refractivity contribution in [2.75, 3.05) is 19.7 Å². The van der Waals surface area contributed by atoms with Gasteiger partial charge in [-0.1, -0.05) is 50.3 Å². The predicted octanol–water partition coefficient (Wildman–Crippen LogP) is 1.02. The smallest absolute Gasteiger partial charge is 0.396 e. The Morgan fingerprint density at radius 1 is 1.30 bits per heavy atom. The number of nitrogens with zero attached hydrogens (tertiary/aromatic N) is 2. The lowest BCUT2D eigenvalue weighted by Crippen LogP contribution is -2.66. The molecule has 2 aliphatic rings. The van der Waals surface area contributed by atoms with E-state index in [-0.39, 0.29) is 35.8 Å². The van der Waals surface area contributed by atoms with Gasteiger partial charge in [0.15, 0.2) is 0 Å². The van der Waals surface area contributed by atoms with Crippen LogP contribution >= 0.6 is 22.6 Å². The highest BCUT2D eigenvalue weighted by atomic mass is 127. The molecular formula is C23H33F3IN5O5. The number of nitriles is 1. The fraction of sp³-hybridized carbons (Fsp3) is 0.783. The summed E-state index contributed by atoms with van der Waals surface area (Å²) in [5.74, 6) is -4.56. The van der Waals surface area contributed by atoms with Gasteiger partial charge < -0.3 is 26.0 Å². The molecule has 0 aromatic heterocycles. The highest BCUT2D eigenvalue weighted by Gasteiger charge is 2.51. The zero-order valence-electron chi connectivity index (χ0n) is 21.1. The van der Waals surface area contributed by atoms with Crippen LogP contribution in [0.15, 0.2) is 0 Å². The summed E-state index contributed by atoms with van der Waals surface area (Å²) in [6, 6.07) is -1.92. The molecule has 14 heteroatoms. The molecule has 4 amide bonds. The molecular weight excluding hydrogens is 610 g/mol. The first kappa shape index (κ1) is 31.1. The van der Waals surface area contributed by atoms with Gasteiger partial charge in [0.25, 0.3) is 0 Å². The average Bonchev–Trinajstić information content (AvgIpc) is 3.20. The summed E-state index contributed by atoms with van der Waals surface area (Å²) < 4.78 is 38.7. The number of hydrogen-bond donors (Lipinski definition) is 4. The van der Waals surface area contributed by atoms with Crippen LogP contribution in [0.4, 0.5) is 13.2 Å². The number of nitrogens with one attached hydrogen (secondary N) is 3. The van der Waals surface area contributed by atoms with E-state index in [2.05, 4.69) is 10.6 Å². The molecule has 0 aromatic rings. The topological polar surface area (TPSA) is 152 Å². The second kappa shape index (κ2) is 11.7. The number of amides is 4. The second-order valence-corrected chi connectivity index (χ2v) is 12.5. The Bertz CT molecular complexity index is 951. The maximum Gasteiger partial charge on any atom is 0.471 e. The van der Waals surface area contributed by atoms with E-state index in [1.54, 1.807) is 12.2 Å². The van der Waals surface area contributed by atoms with E-state index < -0.39 is 58.8 Å². The summed E-state index contributed by atoms with van der Waals surface area (Å²) >= 11 is 2.02. The van der Waals surface area contributed by atoms with Gasteiger partial charge in [-0.25, -0.2) is 0 Å². The van der Waals surface area contributed by atoms with Gasteiger partial charge in [-0.2, -0.15) is 18.4 Å². The first-order valence-electron chi connectivity index (χ1n) is 11.9. The lowest BCUT2D eigenvalue weighted by molar-refractivity contribution is -0.176. The van der Waals surface area contributed by atoms with Crippen LogP contribution in [-0.2, 0) is 19.2 Å². The largest absolute Gasteiger partial charge is 0.471 e. The molecule has 0 saturated carbocycles. The van der Waals surface area contributed by atoms with Crippen molar-refractivity contribution in [2.45, 2.75) is 75.2 Å². The molecule has 0 spiro atoms. The van der Waals surface area contributed by atoms with Crippen LogP contribution in [-0.4, -0.2) is 81.6 Å². The highest BCUT2D eigenvalue weighted by molar-refractivity contribution is 14.1. The fourth-order valence-corrected chi connectivity index (χ4v) is 5.31. The zero-order chi connectivity index (χ0) is 28.3. The maximum absolute atomic E-state index is 13.6. The van der Waals surface area contributed by atoms with Crippen LogP contribution in [0.25, 0.3) is 0 Å². The number of aliphatic hydroxyl groups is 1. The minimum absolute atomic E-state index is 0.0270. The first-order chi connectivity index (χ1) is 16.9. The molecule has 0 radical (unpaired) electrons. The van der Waals surface area contributed by atoms with E-state index in [0.29, 0.717) is 13.0 Å².